The van der Waals surface area contributed by atoms with Gasteiger partial charge < -0.3 is 5.32 Å². The zero-order valence-corrected chi connectivity index (χ0v) is 12.0. The lowest BCUT2D eigenvalue weighted by atomic mass is 10.1. The Morgan fingerprint density at radius 1 is 1.35 bits per heavy atom. The second-order valence-electron chi connectivity index (χ2n) is 4.42. The molecule has 1 nitrogen and oxygen atoms in total. The Balaban J connectivity index is 1.70. The van der Waals surface area contributed by atoms with Gasteiger partial charge in [-0.3, -0.25) is 0 Å². The van der Waals surface area contributed by atoms with Crippen LogP contribution in [-0.2, 0) is 6.42 Å². The van der Waals surface area contributed by atoms with Crippen molar-refractivity contribution in [3.05, 3.63) is 33.8 Å². The maximum atomic E-state index is 6.12. The molecule has 0 spiro atoms. The SMILES string of the molecule is Clc1ccc(CCNCC2CCSC2)c(Cl)c1. The molecule has 4 heteroatoms. The van der Waals surface area contributed by atoms with Gasteiger partial charge >= 0.3 is 0 Å². The molecule has 1 saturated heterocycles. The molecule has 1 heterocycles. The van der Waals surface area contributed by atoms with E-state index < -0.39 is 0 Å². The molecular weight excluding hydrogens is 273 g/mol. The zero-order chi connectivity index (χ0) is 12.1. The van der Waals surface area contributed by atoms with Gasteiger partial charge in [-0.25, -0.2) is 0 Å². The van der Waals surface area contributed by atoms with Gasteiger partial charge in [0.2, 0.25) is 0 Å². The van der Waals surface area contributed by atoms with Crippen molar-refractivity contribution in [2.24, 2.45) is 5.92 Å². The highest BCUT2D eigenvalue weighted by molar-refractivity contribution is 7.99. The topological polar surface area (TPSA) is 12.0 Å². The molecule has 94 valence electrons. The highest BCUT2D eigenvalue weighted by Crippen LogP contribution is 2.23. The number of hydrogen-bond donors (Lipinski definition) is 1. The molecule has 0 saturated carbocycles. The maximum Gasteiger partial charge on any atom is 0.0453 e. The summed E-state index contributed by atoms with van der Waals surface area (Å²) in [5, 5.41) is 4.99. The summed E-state index contributed by atoms with van der Waals surface area (Å²) in [7, 11) is 0. The monoisotopic (exact) mass is 289 g/mol. The van der Waals surface area contributed by atoms with E-state index in [1.54, 1.807) is 0 Å². The summed E-state index contributed by atoms with van der Waals surface area (Å²) >= 11 is 14.0. The van der Waals surface area contributed by atoms with Gasteiger partial charge in [0.15, 0.2) is 0 Å². The Labute approximate surface area is 117 Å². The lowest BCUT2D eigenvalue weighted by Gasteiger charge is -2.10. The maximum absolute atomic E-state index is 6.12. The summed E-state index contributed by atoms with van der Waals surface area (Å²) < 4.78 is 0. The second kappa shape index (κ2) is 6.89. The van der Waals surface area contributed by atoms with Crippen LogP contribution in [0.15, 0.2) is 18.2 Å². The summed E-state index contributed by atoms with van der Waals surface area (Å²) in [6, 6.07) is 5.72. The molecule has 0 amide bonds. The molecule has 0 aromatic heterocycles. The zero-order valence-electron chi connectivity index (χ0n) is 9.72. The third-order valence-electron chi connectivity index (χ3n) is 3.04. The van der Waals surface area contributed by atoms with Gasteiger partial charge in [-0.1, -0.05) is 29.3 Å². The number of thioether (sulfide) groups is 1. The minimum atomic E-state index is 0.703. The van der Waals surface area contributed by atoms with Crippen molar-refractivity contribution < 1.29 is 0 Å². The summed E-state index contributed by atoms with van der Waals surface area (Å²) in [5.74, 6) is 3.50. The van der Waals surface area contributed by atoms with Crippen molar-refractivity contribution in [3.63, 3.8) is 0 Å². The van der Waals surface area contributed by atoms with Gasteiger partial charge in [0.1, 0.15) is 0 Å². The molecule has 1 unspecified atom stereocenters. The van der Waals surface area contributed by atoms with Crippen LogP contribution in [0, 0.1) is 5.92 Å². The van der Waals surface area contributed by atoms with Crippen LogP contribution in [0.4, 0.5) is 0 Å². The van der Waals surface area contributed by atoms with Crippen molar-refractivity contribution in [2.75, 3.05) is 24.6 Å². The van der Waals surface area contributed by atoms with Crippen molar-refractivity contribution >= 4 is 35.0 Å². The van der Waals surface area contributed by atoms with Crippen molar-refractivity contribution in [3.8, 4) is 0 Å². The molecule has 2 rings (SSSR count). The molecular formula is C13H17Cl2NS. The first kappa shape index (κ1) is 13.5. The van der Waals surface area contributed by atoms with E-state index in [1.165, 1.54) is 23.5 Å². The molecule has 1 N–H and O–H groups in total. The molecule has 0 bridgehead atoms. The largest absolute Gasteiger partial charge is 0.316 e. The minimum Gasteiger partial charge on any atom is -0.316 e. The second-order valence-corrected chi connectivity index (χ2v) is 6.41. The van der Waals surface area contributed by atoms with Gasteiger partial charge in [0.05, 0.1) is 0 Å². The molecule has 1 aromatic rings. The fraction of sp³-hybridized carbons (Fsp3) is 0.538. The van der Waals surface area contributed by atoms with Crippen LogP contribution in [0.2, 0.25) is 10.0 Å². The van der Waals surface area contributed by atoms with E-state index in [2.05, 4.69) is 17.1 Å². The summed E-state index contributed by atoms with van der Waals surface area (Å²) in [5.41, 5.74) is 1.17. The quantitative estimate of drug-likeness (QED) is 0.826. The van der Waals surface area contributed by atoms with E-state index in [4.69, 9.17) is 23.2 Å². The highest BCUT2D eigenvalue weighted by atomic mass is 35.5. The first-order valence-electron chi connectivity index (χ1n) is 5.98. The Bertz CT molecular complexity index is 364. The number of nitrogens with one attached hydrogen (secondary N) is 1. The molecule has 17 heavy (non-hydrogen) atoms. The number of hydrogen-bond acceptors (Lipinski definition) is 2. The van der Waals surface area contributed by atoms with E-state index in [-0.39, 0.29) is 0 Å². The van der Waals surface area contributed by atoms with E-state index in [0.29, 0.717) is 5.02 Å². The van der Waals surface area contributed by atoms with Crippen LogP contribution in [0.5, 0.6) is 0 Å². The van der Waals surface area contributed by atoms with Crippen LogP contribution < -0.4 is 5.32 Å². The molecule has 0 aliphatic carbocycles. The third-order valence-corrected chi connectivity index (χ3v) is 4.86. The van der Waals surface area contributed by atoms with E-state index >= 15 is 0 Å². The van der Waals surface area contributed by atoms with Crippen molar-refractivity contribution in [1.29, 1.82) is 0 Å². The smallest absolute Gasteiger partial charge is 0.0453 e. The van der Waals surface area contributed by atoms with Crippen LogP contribution in [0.25, 0.3) is 0 Å². The first-order chi connectivity index (χ1) is 8.25. The lowest BCUT2D eigenvalue weighted by Crippen LogP contribution is -2.24. The number of benzene rings is 1. The first-order valence-corrected chi connectivity index (χ1v) is 7.89. The molecule has 0 radical (unpaired) electrons. The van der Waals surface area contributed by atoms with Gasteiger partial charge in [0.25, 0.3) is 0 Å². The van der Waals surface area contributed by atoms with Crippen LogP contribution in [0.3, 0.4) is 0 Å². The van der Waals surface area contributed by atoms with Gasteiger partial charge in [-0.15, -0.1) is 0 Å². The van der Waals surface area contributed by atoms with Crippen LogP contribution in [0.1, 0.15) is 12.0 Å². The highest BCUT2D eigenvalue weighted by Gasteiger charge is 2.14. The fourth-order valence-corrected chi connectivity index (χ4v) is 3.79. The summed E-state index contributed by atoms with van der Waals surface area (Å²) in [6.07, 6.45) is 2.33. The molecule has 1 fully saturated rings. The Hall–Kier alpha value is 0.110. The number of halogens is 2. The van der Waals surface area contributed by atoms with Gasteiger partial charge in [0, 0.05) is 10.0 Å². The summed E-state index contributed by atoms with van der Waals surface area (Å²) in [6.45, 7) is 2.13. The number of rotatable bonds is 5. The minimum absolute atomic E-state index is 0.703. The van der Waals surface area contributed by atoms with Crippen LogP contribution >= 0.6 is 35.0 Å². The predicted octanol–water partition coefficient (Wildman–Crippen LogP) is 3.88. The van der Waals surface area contributed by atoms with E-state index in [9.17, 15) is 0 Å². The third kappa shape index (κ3) is 4.36. The average molecular weight is 290 g/mol. The van der Waals surface area contributed by atoms with E-state index in [1.807, 2.05) is 18.2 Å². The van der Waals surface area contributed by atoms with E-state index in [0.717, 1.165) is 30.5 Å². The van der Waals surface area contributed by atoms with Crippen LogP contribution in [-0.4, -0.2) is 24.6 Å². The van der Waals surface area contributed by atoms with Gasteiger partial charge in [-0.05, 0) is 61.1 Å². The van der Waals surface area contributed by atoms with Crippen molar-refractivity contribution in [1.82, 2.24) is 5.32 Å². The predicted molar refractivity (Wildman–Crippen MR) is 78.5 cm³/mol. The van der Waals surface area contributed by atoms with Crippen molar-refractivity contribution in [2.45, 2.75) is 12.8 Å². The Morgan fingerprint density at radius 2 is 2.24 bits per heavy atom. The Kier molecular flexibility index (Phi) is 5.49. The average Bonchev–Trinajstić information content (AvgIpc) is 2.79. The fourth-order valence-electron chi connectivity index (χ4n) is 2.00. The normalized spacial score (nSPS) is 19.8. The van der Waals surface area contributed by atoms with Gasteiger partial charge in [-0.2, -0.15) is 11.8 Å². The molecule has 1 atom stereocenters. The molecule has 1 aromatic carbocycles. The Morgan fingerprint density at radius 3 is 2.94 bits per heavy atom. The molecule has 1 aliphatic rings. The lowest BCUT2D eigenvalue weighted by molar-refractivity contribution is 0.525. The molecule has 1 aliphatic heterocycles. The standard InChI is InChI=1S/C13H17Cl2NS/c14-12-2-1-11(13(15)7-12)3-5-16-8-10-4-6-17-9-10/h1-2,7,10,16H,3-6,8-9H2. The summed E-state index contributed by atoms with van der Waals surface area (Å²) in [4.78, 5) is 0.